The van der Waals surface area contributed by atoms with Crippen molar-refractivity contribution in [3.8, 4) is 0 Å². The number of hydrogen-bond donors (Lipinski definition) is 1. The lowest BCUT2D eigenvalue weighted by atomic mass is 9.88. The van der Waals surface area contributed by atoms with E-state index in [2.05, 4.69) is 48.1 Å². The summed E-state index contributed by atoms with van der Waals surface area (Å²) in [5.74, 6) is -0.570. The molecule has 0 saturated carbocycles. The molecule has 2 amide bonds. The van der Waals surface area contributed by atoms with Crippen LogP contribution in [-0.4, -0.2) is 77.1 Å². The molecule has 0 spiro atoms. The van der Waals surface area contributed by atoms with Gasteiger partial charge in [-0.15, -0.1) is 11.3 Å². The molecule has 1 N–H and O–H groups in total. The predicted molar refractivity (Wildman–Crippen MR) is 196 cm³/mol. The average molecular weight is 697 g/mol. The number of carbonyl (C=O) groups excluding carboxylic acids is 4. The molecule has 3 rings (SSSR count). The van der Waals surface area contributed by atoms with E-state index in [-0.39, 0.29) is 53.8 Å². The molecule has 1 saturated heterocycles. The van der Waals surface area contributed by atoms with Crippen LogP contribution < -0.4 is 5.32 Å². The highest BCUT2D eigenvalue weighted by Crippen LogP contribution is 2.32. The molecule has 1 aliphatic heterocycles. The van der Waals surface area contributed by atoms with Gasteiger partial charge in [0.1, 0.15) is 10.7 Å². The van der Waals surface area contributed by atoms with Crippen molar-refractivity contribution in [1.82, 2.24) is 20.1 Å². The maximum Gasteiger partial charge on any atom is 0.303 e. The Kier molecular flexibility index (Phi) is 16.4. The molecule has 2 aromatic rings. The highest BCUT2D eigenvalue weighted by atomic mass is 32.1. The van der Waals surface area contributed by atoms with Gasteiger partial charge in [-0.25, -0.2) is 4.98 Å². The second-order valence-electron chi connectivity index (χ2n) is 14.7. The average Bonchev–Trinajstić information content (AvgIpc) is 3.55. The first-order chi connectivity index (χ1) is 23.3. The van der Waals surface area contributed by atoms with E-state index in [1.54, 1.807) is 17.3 Å². The van der Waals surface area contributed by atoms with Gasteiger partial charge in [-0.2, -0.15) is 0 Å². The number of Topliss-reactive ketones (excluding diaryl/α,β-unsaturated/α-hetero) is 1. The Labute approximate surface area is 298 Å². The Morgan fingerprint density at radius 2 is 1.80 bits per heavy atom. The van der Waals surface area contributed by atoms with Gasteiger partial charge >= 0.3 is 5.97 Å². The molecule has 1 aromatic heterocycles. The van der Waals surface area contributed by atoms with Crippen LogP contribution in [0, 0.1) is 17.8 Å². The summed E-state index contributed by atoms with van der Waals surface area (Å²) < 4.78 is 5.81. The van der Waals surface area contributed by atoms with Crippen molar-refractivity contribution in [3.63, 3.8) is 0 Å². The molecule has 272 valence electrons. The zero-order chi connectivity index (χ0) is 36.1. The number of rotatable bonds is 19. The number of amides is 2. The number of carbonyl (C=O) groups is 4. The van der Waals surface area contributed by atoms with E-state index in [1.165, 1.54) is 18.3 Å². The van der Waals surface area contributed by atoms with Crippen LogP contribution in [-0.2, 0) is 25.5 Å². The fourth-order valence-electron chi connectivity index (χ4n) is 7.03. The van der Waals surface area contributed by atoms with E-state index in [1.807, 2.05) is 39.1 Å². The molecular formula is C39H60N4O5S. The molecule has 0 bridgehead atoms. The smallest absolute Gasteiger partial charge is 0.303 e. The first-order valence-corrected chi connectivity index (χ1v) is 19.2. The van der Waals surface area contributed by atoms with E-state index in [0.717, 1.165) is 57.1 Å². The quantitative estimate of drug-likeness (QED) is 0.154. The predicted octanol–water partition coefficient (Wildman–Crippen LogP) is 7.26. The fourth-order valence-corrected chi connectivity index (χ4v) is 7.87. The standard InChI is InChI=1S/C39H60N4O5S/c1-9-10-18-30(23-35(45)33-19-14-15-20-42(33)7)39(47)43(8)34(27(4)5)24-36(48-28(6)44)38-41-32(25-49-38)37(46)40-31(21-26(2)3)22-29-16-12-11-13-17-29/h11-13,16-17,25-27,30-31,33-34,36H,9-10,14-15,18-24H2,1-8H3,(H,40,46)/t30-,31-,33-,34-,36-/m1/s1. The first-order valence-electron chi connectivity index (χ1n) is 18.3. The lowest BCUT2D eigenvalue weighted by Gasteiger charge is -2.36. The SMILES string of the molecule is CCCC[C@H](CC(=O)[C@H]1CCCCN1C)C(=O)N(C)[C@H](C[C@@H](OC(C)=O)c1nc(C(=O)N[C@@H](Cc2ccccc2)CC(C)C)cs1)C(C)C. The van der Waals surface area contributed by atoms with Crippen LogP contribution in [0.2, 0.25) is 0 Å². The van der Waals surface area contributed by atoms with Gasteiger partial charge < -0.3 is 15.0 Å². The molecule has 1 aliphatic rings. The summed E-state index contributed by atoms with van der Waals surface area (Å²) >= 11 is 1.29. The van der Waals surface area contributed by atoms with Crippen molar-refractivity contribution in [2.24, 2.45) is 17.8 Å². The minimum Gasteiger partial charge on any atom is -0.455 e. The van der Waals surface area contributed by atoms with Crippen LogP contribution in [0.5, 0.6) is 0 Å². The molecule has 49 heavy (non-hydrogen) atoms. The number of benzene rings is 1. The van der Waals surface area contributed by atoms with Gasteiger partial charge in [0.15, 0.2) is 11.9 Å². The number of hydrogen-bond acceptors (Lipinski definition) is 8. The van der Waals surface area contributed by atoms with Gasteiger partial charge in [-0.05, 0) is 63.1 Å². The number of ether oxygens (including phenoxy) is 1. The summed E-state index contributed by atoms with van der Waals surface area (Å²) in [4.78, 5) is 61.9. The van der Waals surface area contributed by atoms with Crippen LogP contribution in [0.4, 0.5) is 0 Å². The number of aromatic nitrogens is 1. The number of ketones is 1. The van der Waals surface area contributed by atoms with Crippen molar-refractivity contribution in [1.29, 1.82) is 0 Å². The summed E-state index contributed by atoms with van der Waals surface area (Å²) in [6, 6.07) is 9.66. The molecule has 0 unspecified atom stereocenters. The molecule has 10 heteroatoms. The topological polar surface area (TPSA) is 109 Å². The van der Waals surface area contributed by atoms with E-state index in [9.17, 15) is 19.2 Å². The number of nitrogens with one attached hydrogen (secondary N) is 1. The maximum atomic E-state index is 14.1. The van der Waals surface area contributed by atoms with Crippen molar-refractivity contribution in [2.75, 3.05) is 20.6 Å². The number of unbranched alkanes of at least 4 members (excludes halogenated alkanes) is 1. The van der Waals surface area contributed by atoms with Crippen LogP contribution in [0.1, 0.15) is 126 Å². The number of esters is 1. The second-order valence-corrected chi connectivity index (χ2v) is 15.5. The summed E-state index contributed by atoms with van der Waals surface area (Å²) in [6.45, 7) is 12.7. The van der Waals surface area contributed by atoms with Crippen LogP contribution in [0.3, 0.4) is 0 Å². The van der Waals surface area contributed by atoms with E-state index in [4.69, 9.17) is 4.74 Å². The molecular weight excluding hydrogens is 637 g/mol. The van der Waals surface area contributed by atoms with Gasteiger partial charge in [0.05, 0.1) is 6.04 Å². The first kappa shape index (κ1) is 40.3. The minimum absolute atomic E-state index is 0.0384. The zero-order valence-corrected chi connectivity index (χ0v) is 31.9. The van der Waals surface area contributed by atoms with Gasteiger partial charge in [-0.1, -0.05) is 84.2 Å². The fraction of sp³-hybridized carbons (Fsp3) is 0.667. The van der Waals surface area contributed by atoms with E-state index in [0.29, 0.717) is 23.8 Å². The zero-order valence-electron chi connectivity index (χ0n) is 31.1. The molecule has 9 nitrogen and oxygen atoms in total. The Balaban J connectivity index is 1.78. The number of nitrogens with zero attached hydrogens (tertiary/aromatic N) is 3. The number of likely N-dealkylation sites (N-methyl/N-ethyl adjacent to an activating group) is 1. The second kappa shape index (κ2) is 19.9. The van der Waals surface area contributed by atoms with Gasteiger partial charge in [0.2, 0.25) is 5.91 Å². The van der Waals surface area contributed by atoms with Crippen LogP contribution >= 0.6 is 11.3 Å². The third-order valence-electron chi connectivity index (χ3n) is 9.67. The molecule has 2 heterocycles. The maximum absolute atomic E-state index is 14.1. The van der Waals surface area contributed by atoms with E-state index < -0.39 is 18.0 Å². The largest absolute Gasteiger partial charge is 0.455 e. The summed E-state index contributed by atoms with van der Waals surface area (Å²) in [7, 11) is 3.80. The highest BCUT2D eigenvalue weighted by molar-refractivity contribution is 7.09. The molecule has 1 fully saturated rings. The summed E-state index contributed by atoms with van der Waals surface area (Å²) in [5, 5.41) is 5.42. The van der Waals surface area contributed by atoms with Gasteiger partial charge in [0.25, 0.3) is 5.91 Å². The Hall–Kier alpha value is -3.11. The summed E-state index contributed by atoms with van der Waals surface area (Å²) in [6.07, 6.45) is 6.83. The Morgan fingerprint density at radius 3 is 2.41 bits per heavy atom. The van der Waals surface area contributed by atoms with E-state index >= 15 is 0 Å². The summed E-state index contributed by atoms with van der Waals surface area (Å²) in [5.41, 5.74) is 1.44. The number of thiazole rings is 1. The van der Waals surface area contributed by atoms with Crippen molar-refractivity contribution >= 4 is 34.9 Å². The number of piperidine rings is 1. The molecule has 0 aliphatic carbocycles. The normalized spacial score (nSPS) is 17.7. The minimum atomic E-state index is -0.728. The highest BCUT2D eigenvalue weighted by Gasteiger charge is 2.36. The monoisotopic (exact) mass is 696 g/mol. The van der Waals surface area contributed by atoms with Gasteiger partial charge in [-0.3, -0.25) is 24.1 Å². The molecule has 5 atom stereocenters. The third-order valence-corrected chi connectivity index (χ3v) is 10.6. The number of likely N-dealkylation sites (tertiary alicyclic amines) is 1. The lowest BCUT2D eigenvalue weighted by Crippen LogP contribution is -2.47. The Morgan fingerprint density at radius 1 is 1.08 bits per heavy atom. The third kappa shape index (κ3) is 12.6. The van der Waals surface area contributed by atoms with Crippen molar-refractivity contribution in [2.45, 2.75) is 130 Å². The van der Waals surface area contributed by atoms with Gasteiger partial charge in [0, 0.05) is 50.2 Å². The molecule has 0 radical (unpaired) electrons. The molecule has 1 aromatic carbocycles. The van der Waals surface area contributed by atoms with Crippen LogP contribution in [0.25, 0.3) is 0 Å². The Bertz CT molecular complexity index is 1350. The van der Waals surface area contributed by atoms with Crippen molar-refractivity contribution < 1.29 is 23.9 Å². The van der Waals surface area contributed by atoms with Crippen LogP contribution in [0.15, 0.2) is 35.7 Å². The lowest BCUT2D eigenvalue weighted by molar-refractivity contribution is -0.149. The van der Waals surface area contributed by atoms with Crippen molar-refractivity contribution in [3.05, 3.63) is 52.0 Å².